The van der Waals surface area contributed by atoms with E-state index in [1.54, 1.807) is 38.1 Å². The van der Waals surface area contributed by atoms with Gasteiger partial charge in [0.25, 0.3) is 17.7 Å². The van der Waals surface area contributed by atoms with Crippen LogP contribution in [0.3, 0.4) is 0 Å². The van der Waals surface area contributed by atoms with Crippen LogP contribution in [0.1, 0.15) is 141 Å². The highest BCUT2D eigenvalue weighted by Gasteiger charge is 2.38. The van der Waals surface area contributed by atoms with Gasteiger partial charge in [-0.05, 0) is 77.4 Å². The molecule has 2 aromatic rings. The largest absolute Gasteiger partial charge is 0.455 e. The average molecular weight is 963 g/mol. The monoisotopic (exact) mass is 963 g/mol. The predicted molar refractivity (Wildman–Crippen MR) is 261 cm³/mol. The van der Waals surface area contributed by atoms with Gasteiger partial charge in [0.05, 0.1) is 23.4 Å². The molecule has 1 unspecified atom stereocenters. The first-order valence-electron chi connectivity index (χ1n) is 23.8. The summed E-state index contributed by atoms with van der Waals surface area (Å²) < 4.78 is 11.9. The molecule has 1 saturated heterocycles. The van der Waals surface area contributed by atoms with E-state index in [2.05, 4.69) is 26.1 Å². The minimum atomic E-state index is -0.914. The van der Waals surface area contributed by atoms with Crippen LogP contribution in [0.2, 0.25) is 0 Å². The van der Waals surface area contributed by atoms with E-state index in [0.29, 0.717) is 35.5 Å². The molecule has 374 valence electrons. The molecule has 0 bridgehead atoms. The number of likely N-dealkylation sites (tertiary alicyclic amines) is 1. The molecule has 3 heterocycles. The van der Waals surface area contributed by atoms with E-state index in [1.807, 2.05) is 83.8 Å². The maximum absolute atomic E-state index is 14.3. The lowest BCUT2D eigenvalue weighted by molar-refractivity contribution is -0.149. The summed E-state index contributed by atoms with van der Waals surface area (Å²) >= 11 is 1.16. The second-order valence-corrected chi connectivity index (χ2v) is 20.6. The van der Waals surface area contributed by atoms with Crippen molar-refractivity contribution in [2.75, 3.05) is 33.8 Å². The maximum atomic E-state index is 14.3. The number of hydrazone groups is 1. The van der Waals surface area contributed by atoms with E-state index in [0.717, 1.165) is 37.1 Å². The van der Waals surface area contributed by atoms with Crippen LogP contribution in [-0.2, 0) is 38.2 Å². The summed E-state index contributed by atoms with van der Waals surface area (Å²) in [4.78, 5) is 101. The Morgan fingerprint density at radius 3 is 2.24 bits per heavy atom. The summed E-state index contributed by atoms with van der Waals surface area (Å²) in [5.41, 5.74) is 2.26. The highest BCUT2D eigenvalue weighted by molar-refractivity contribution is 7.09. The van der Waals surface area contributed by atoms with Crippen LogP contribution in [0.25, 0.3) is 0 Å². The molecule has 1 aromatic heterocycles. The minimum Gasteiger partial charge on any atom is -0.455 e. The van der Waals surface area contributed by atoms with Crippen LogP contribution in [0.15, 0.2) is 53.0 Å². The molecule has 17 nitrogen and oxygen atoms in total. The molecule has 6 amide bonds. The number of piperidine rings is 1. The first kappa shape index (κ1) is 55.3. The molecule has 2 aliphatic heterocycles. The third kappa shape index (κ3) is 15.3. The van der Waals surface area contributed by atoms with E-state index < -0.39 is 47.1 Å². The summed E-state index contributed by atoms with van der Waals surface area (Å²) in [6.45, 7) is 19.5. The average Bonchev–Trinajstić information content (AvgIpc) is 3.91. The Hall–Kier alpha value is -5.33. The van der Waals surface area contributed by atoms with Crippen molar-refractivity contribution in [3.8, 4) is 0 Å². The van der Waals surface area contributed by atoms with Gasteiger partial charge in [-0.3, -0.25) is 43.4 Å². The normalized spacial score (nSPS) is 18.2. The molecule has 6 atom stereocenters. The first-order chi connectivity index (χ1) is 32.0. The molecule has 68 heavy (non-hydrogen) atoms. The topological polar surface area (TPSA) is 209 Å². The number of hydrogen-bond donors (Lipinski definition) is 3. The zero-order valence-electron chi connectivity index (χ0n) is 42.0. The van der Waals surface area contributed by atoms with Crippen LogP contribution in [0, 0.1) is 17.3 Å². The summed E-state index contributed by atoms with van der Waals surface area (Å²) in [6.07, 6.45) is 5.96. The summed E-state index contributed by atoms with van der Waals surface area (Å²) in [7, 11) is 3.65. The van der Waals surface area contributed by atoms with Gasteiger partial charge in [0.1, 0.15) is 16.7 Å². The standard InChI is InChI=1S/C50H74N8O9S/c1-13-32(4)42(53-45(63)37-21-17-18-26-56(37)11)47(64)57(12)38(31(2)3)29-39(67-34(6)59)46-52-36(30-68-46)44(62)51-33(5)43(35-19-15-14-16-20-35)54-55-48(65)49(7,8)25-28-66-50(9,10)24-27-58-40(60)22-23-41(58)61/h14-16,19-20,22-23,30-33,37-39,42H,13,17-18,21,24-29H2,1-12H3,(H,51,62)(H,53,63)(H,55,65)/b54-43-/t32-,33+,37+,38?,39+,42-/m0/s1. The van der Waals surface area contributed by atoms with Crippen molar-refractivity contribution >= 4 is 58.5 Å². The Labute approximate surface area is 406 Å². The Balaban J connectivity index is 1.45. The molecule has 0 saturated carbocycles. The Morgan fingerprint density at radius 2 is 1.63 bits per heavy atom. The second kappa shape index (κ2) is 24.8. The van der Waals surface area contributed by atoms with Gasteiger partial charge in [0, 0.05) is 62.5 Å². The quantitative estimate of drug-likeness (QED) is 0.0496. The van der Waals surface area contributed by atoms with Gasteiger partial charge in [0.2, 0.25) is 17.7 Å². The fraction of sp³-hybridized carbons (Fsp3) is 0.620. The van der Waals surface area contributed by atoms with E-state index >= 15 is 0 Å². The van der Waals surface area contributed by atoms with Crippen LogP contribution in [0.4, 0.5) is 0 Å². The Kier molecular flexibility index (Phi) is 20.2. The number of esters is 1. The van der Waals surface area contributed by atoms with Gasteiger partial charge >= 0.3 is 5.97 Å². The number of carbonyl (C=O) groups is 7. The van der Waals surface area contributed by atoms with E-state index in [-0.39, 0.29) is 72.7 Å². The SMILES string of the molecule is CC[C@H](C)[C@H](NC(=O)[C@H]1CCCCN1C)C(=O)N(C)C(C[C@@H](OC(C)=O)c1nc(C(=O)N[C@H](C)/C(=N/NC(=O)C(C)(C)CCOC(C)(C)CCN2C(=O)C=CC2=O)c2ccccc2)cs1)C(C)C. The number of amides is 6. The lowest BCUT2D eigenvalue weighted by atomic mass is 9.89. The Bertz CT molecular complexity index is 2140. The summed E-state index contributed by atoms with van der Waals surface area (Å²) in [5.74, 6) is -2.73. The third-order valence-electron chi connectivity index (χ3n) is 13.0. The number of thiazole rings is 1. The number of likely N-dealkylation sites (N-methyl/N-ethyl adjacent to an activating group) is 2. The number of carbonyl (C=O) groups excluding carboxylic acids is 7. The van der Waals surface area contributed by atoms with Gasteiger partial charge < -0.3 is 25.0 Å². The number of ether oxygens (including phenoxy) is 2. The van der Waals surface area contributed by atoms with Gasteiger partial charge in [-0.2, -0.15) is 5.10 Å². The van der Waals surface area contributed by atoms with Crippen LogP contribution < -0.4 is 16.1 Å². The number of aromatic nitrogens is 1. The smallest absolute Gasteiger partial charge is 0.303 e. The maximum Gasteiger partial charge on any atom is 0.303 e. The zero-order chi connectivity index (χ0) is 50.5. The number of hydrogen-bond acceptors (Lipinski definition) is 13. The molecule has 4 rings (SSSR count). The number of nitrogens with zero attached hydrogens (tertiary/aromatic N) is 5. The van der Waals surface area contributed by atoms with Crippen LogP contribution in [0.5, 0.6) is 0 Å². The van der Waals surface area contributed by atoms with Crippen molar-refractivity contribution in [3.05, 3.63) is 64.1 Å². The highest BCUT2D eigenvalue weighted by Crippen LogP contribution is 2.31. The fourth-order valence-electron chi connectivity index (χ4n) is 8.18. The highest BCUT2D eigenvalue weighted by atomic mass is 32.1. The van der Waals surface area contributed by atoms with Gasteiger partial charge in [-0.15, -0.1) is 11.3 Å². The molecule has 0 aliphatic carbocycles. The number of benzene rings is 1. The number of rotatable bonds is 24. The molecule has 18 heteroatoms. The van der Waals surface area contributed by atoms with Crippen molar-refractivity contribution in [2.24, 2.45) is 22.4 Å². The summed E-state index contributed by atoms with van der Waals surface area (Å²) in [6, 6.07) is 6.95. The zero-order valence-corrected chi connectivity index (χ0v) is 42.9. The Morgan fingerprint density at radius 1 is 0.971 bits per heavy atom. The van der Waals surface area contributed by atoms with Crippen molar-refractivity contribution in [3.63, 3.8) is 0 Å². The van der Waals surface area contributed by atoms with Crippen molar-refractivity contribution < 1.29 is 43.0 Å². The van der Waals surface area contributed by atoms with Crippen molar-refractivity contribution in [1.29, 1.82) is 0 Å². The lowest BCUT2D eigenvalue weighted by Crippen LogP contribution is -2.58. The molecule has 0 spiro atoms. The van der Waals surface area contributed by atoms with E-state index in [1.165, 1.54) is 24.0 Å². The third-order valence-corrected chi connectivity index (χ3v) is 14.0. The van der Waals surface area contributed by atoms with Crippen molar-refractivity contribution in [1.82, 2.24) is 35.7 Å². The molecule has 2 aliphatic rings. The number of imide groups is 1. The van der Waals surface area contributed by atoms with Gasteiger partial charge in [-0.25, -0.2) is 10.4 Å². The second-order valence-electron chi connectivity index (χ2n) is 19.7. The van der Waals surface area contributed by atoms with E-state index in [9.17, 15) is 33.6 Å². The van der Waals surface area contributed by atoms with E-state index in [4.69, 9.17) is 9.47 Å². The molecule has 1 fully saturated rings. The van der Waals surface area contributed by atoms with Crippen LogP contribution >= 0.6 is 11.3 Å². The summed E-state index contributed by atoms with van der Waals surface area (Å²) in [5, 5.41) is 12.5. The fourth-order valence-corrected chi connectivity index (χ4v) is 9.02. The molecular formula is C50H74N8O9S. The van der Waals surface area contributed by atoms with Crippen LogP contribution in [-0.4, -0.2) is 130 Å². The first-order valence-corrected chi connectivity index (χ1v) is 24.7. The van der Waals surface area contributed by atoms with Gasteiger partial charge in [-0.1, -0.05) is 84.7 Å². The predicted octanol–water partition coefficient (Wildman–Crippen LogP) is 5.80. The van der Waals surface area contributed by atoms with Crippen molar-refractivity contribution in [2.45, 2.75) is 150 Å². The molecule has 1 aromatic carbocycles. The van der Waals surface area contributed by atoms with Gasteiger partial charge in [0.15, 0.2) is 6.10 Å². The molecule has 0 radical (unpaired) electrons. The lowest BCUT2D eigenvalue weighted by Gasteiger charge is -2.38. The molecule has 3 N–H and O–H groups in total. The number of nitrogens with one attached hydrogen (secondary N) is 3. The minimum absolute atomic E-state index is 0.0822. The molecular weight excluding hydrogens is 889 g/mol.